The number of sulfonamides is 1. The van der Waals surface area contributed by atoms with Gasteiger partial charge in [-0.3, -0.25) is 9.52 Å². The van der Waals surface area contributed by atoms with E-state index in [1.807, 2.05) is 4.90 Å². The summed E-state index contributed by atoms with van der Waals surface area (Å²) in [4.78, 5) is 16.6. The van der Waals surface area contributed by atoms with Crippen LogP contribution in [-0.4, -0.2) is 64.5 Å². The highest BCUT2D eigenvalue weighted by atomic mass is 32.2. The van der Waals surface area contributed by atoms with Gasteiger partial charge in [0, 0.05) is 31.4 Å². The number of amides is 1. The van der Waals surface area contributed by atoms with Crippen LogP contribution in [0.1, 0.15) is 12.0 Å². The Morgan fingerprint density at radius 1 is 1.00 bits per heavy atom. The molecular formula is C22H27N3O4S. The summed E-state index contributed by atoms with van der Waals surface area (Å²) in [6.07, 6.45) is 4.22. The van der Waals surface area contributed by atoms with Gasteiger partial charge in [-0.05, 0) is 68.1 Å². The lowest BCUT2D eigenvalue weighted by molar-refractivity contribution is -0.125. The Morgan fingerprint density at radius 2 is 1.70 bits per heavy atom. The van der Waals surface area contributed by atoms with Crippen molar-refractivity contribution in [1.82, 2.24) is 9.80 Å². The summed E-state index contributed by atoms with van der Waals surface area (Å²) in [5.41, 5.74) is 1.21. The maximum atomic E-state index is 12.6. The van der Waals surface area contributed by atoms with Gasteiger partial charge in [-0.15, -0.1) is 0 Å². The molecule has 1 aliphatic rings. The van der Waals surface area contributed by atoms with Crippen LogP contribution in [0.25, 0.3) is 6.08 Å². The average molecular weight is 430 g/mol. The number of benzene rings is 2. The molecule has 0 radical (unpaired) electrons. The van der Waals surface area contributed by atoms with Crippen molar-refractivity contribution in [1.29, 1.82) is 0 Å². The molecule has 160 valence electrons. The maximum absolute atomic E-state index is 12.6. The van der Waals surface area contributed by atoms with Crippen LogP contribution >= 0.6 is 0 Å². The van der Waals surface area contributed by atoms with E-state index in [-0.39, 0.29) is 10.8 Å². The van der Waals surface area contributed by atoms with Gasteiger partial charge in [-0.1, -0.05) is 12.1 Å². The molecule has 8 heteroatoms. The molecule has 0 atom stereocenters. The third-order valence-corrected chi connectivity index (χ3v) is 6.38. The third-order valence-electron chi connectivity index (χ3n) is 4.98. The van der Waals surface area contributed by atoms with E-state index in [1.165, 1.54) is 12.1 Å². The van der Waals surface area contributed by atoms with Crippen LogP contribution in [0, 0.1) is 0 Å². The first kappa shape index (κ1) is 21.9. The summed E-state index contributed by atoms with van der Waals surface area (Å²) in [6.45, 7) is 3.33. The highest BCUT2D eigenvalue weighted by Crippen LogP contribution is 2.20. The second-order valence-corrected chi connectivity index (χ2v) is 8.90. The minimum Gasteiger partial charge on any atom is -0.497 e. The Bertz CT molecular complexity index is 986. The quantitative estimate of drug-likeness (QED) is 0.715. The molecule has 3 rings (SSSR count). The molecule has 2 aromatic rings. The van der Waals surface area contributed by atoms with Crippen LogP contribution in [-0.2, 0) is 14.8 Å². The molecule has 0 unspecified atom stereocenters. The van der Waals surface area contributed by atoms with Crippen molar-refractivity contribution >= 4 is 27.7 Å². The lowest BCUT2D eigenvalue weighted by Gasteiger charge is -2.18. The molecule has 1 N–H and O–H groups in total. The summed E-state index contributed by atoms with van der Waals surface area (Å²) in [5.74, 6) is 0.624. The van der Waals surface area contributed by atoms with Crippen molar-refractivity contribution < 1.29 is 17.9 Å². The smallest absolute Gasteiger partial charge is 0.261 e. The molecule has 0 saturated carbocycles. The van der Waals surface area contributed by atoms with E-state index in [2.05, 4.69) is 16.7 Å². The normalized spacial score (nSPS) is 15.7. The van der Waals surface area contributed by atoms with Gasteiger partial charge in [0.15, 0.2) is 0 Å². The Morgan fingerprint density at radius 3 is 2.37 bits per heavy atom. The molecule has 0 aliphatic carbocycles. The Kier molecular flexibility index (Phi) is 7.12. The first-order chi connectivity index (χ1) is 14.4. The number of likely N-dealkylation sites (N-methyl/N-ethyl adjacent to an activating group) is 1. The van der Waals surface area contributed by atoms with E-state index in [0.717, 1.165) is 31.6 Å². The molecule has 1 amide bonds. The molecule has 1 aliphatic heterocycles. The summed E-state index contributed by atoms with van der Waals surface area (Å²) in [6, 6.07) is 13.1. The van der Waals surface area contributed by atoms with Crippen LogP contribution in [0.4, 0.5) is 5.69 Å². The number of hydrogen-bond donors (Lipinski definition) is 1. The van der Waals surface area contributed by atoms with Crippen molar-refractivity contribution in [3.63, 3.8) is 0 Å². The van der Waals surface area contributed by atoms with E-state index >= 15 is 0 Å². The van der Waals surface area contributed by atoms with Crippen molar-refractivity contribution in [3.8, 4) is 5.75 Å². The van der Waals surface area contributed by atoms with Gasteiger partial charge in [0.05, 0.1) is 12.0 Å². The Labute approximate surface area is 178 Å². The topological polar surface area (TPSA) is 78.9 Å². The zero-order chi connectivity index (χ0) is 21.6. The fraction of sp³-hybridized carbons (Fsp3) is 0.318. The maximum Gasteiger partial charge on any atom is 0.261 e. The monoisotopic (exact) mass is 429 g/mol. The number of methoxy groups -OCH3 is 1. The predicted molar refractivity (Wildman–Crippen MR) is 118 cm³/mol. The molecule has 7 nitrogen and oxygen atoms in total. The zero-order valence-electron chi connectivity index (χ0n) is 17.2. The van der Waals surface area contributed by atoms with Crippen molar-refractivity contribution in [2.24, 2.45) is 0 Å². The number of carbonyl (C=O) groups excluding carboxylic acids is 1. The lowest BCUT2D eigenvalue weighted by atomic mass is 10.2. The Balaban J connectivity index is 1.63. The molecule has 0 spiro atoms. The number of nitrogens with zero attached hydrogens (tertiary/aromatic N) is 2. The third kappa shape index (κ3) is 5.84. The standard InChI is InChI=1S/C22H27N3O4S/c1-24-14-3-15-25(17-16-24)22(26)13-6-18-4-11-21(12-5-18)30(27,28)23-19-7-9-20(29-2)10-8-19/h4-13,23H,3,14-17H2,1-2H3/b13-6+. The van der Waals surface area contributed by atoms with Gasteiger partial charge in [-0.2, -0.15) is 0 Å². The van der Waals surface area contributed by atoms with Crippen LogP contribution in [0.5, 0.6) is 5.75 Å². The number of hydrogen-bond acceptors (Lipinski definition) is 5. The largest absolute Gasteiger partial charge is 0.497 e. The minimum atomic E-state index is -3.70. The van der Waals surface area contributed by atoms with Gasteiger partial charge in [-0.25, -0.2) is 8.42 Å². The number of carbonyl (C=O) groups is 1. The number of rotatable bonds is 6. The highest BCUT2D eigenvalue weighted by molar-refractivity contribution is 7.92. The molecule has 0 bridgehead atoms. The van der Waals surface area contributed by atoms with Crippen molar-refractivity contribution in [2.75, 3.05) is 45.1 Å². The van der Waals surface area contributed by atoms with Crippen molar-refractivity contribution in [3.05, 3.63) is 60.2 Å². The SMILES string of the molecule is COc1ccc(NS(=O)(=O)c2ccc(/C=C/C(=O)N3CCCN(C)CC3)cc2)cc1. The molecule has 2 aromatic carbocycles. The minimum absolute atomic E-state index is 0.0248. The average Bonchev–Trinajstić information content (AvgIpc) is 2.97. The molecule has 1 fully saturated rings. The molecule has 30 heavy (non-hydrogen) atoms. The summed E-state index contributed by atoms with van der Waals surface area (Å²) >= 11 is 0. The Hall–Kier alpha value is -2.84. The van der Waals surface area contributed by atoms with E-state index < -0.39 is 10.0 Å². The van der Waals surface area contributed by atoms with Gasteiger partial charge >= 0.3 is 0 Å². The van der Waals surface area contributed by atoms with Gasteiger partial charge < -0.3 is 14.5 Å². The van der Waals surface area contributed by atoms with E-state index in [0.29, 0.717) is 18.0 Å². The van der Waals surface area contributed by atoms with Crippen molar-refractivity contribution in [2.45, 2.75) is 11.3 Å². The second kappa shape index (κ2) is 9.77. The van der Waals surface area contributed by atoms with Crippen LogP contribution < -0.4 is 9.46 Å². The first-order valence-corrected chi connectivity index (χ1v) is 11.3. The van der Waals surface area contributed by atoms with Gasteiger partial charge in [0.1, 0.15) is 5.75 Å². The van der Waals surface area contributed by atoms with Crippen LogP contribution in [0.3, 0.4) is 0 Å². The molecular weight excluding hydrogens is 402 g/mol. The second-order valence-electron chi connectivity index (χ2n) is 7.22. The summed E-state index contributed by atoms with van der Waals surface area (Å²) in [5, 5.41) is 0. The summed E-state index contributed by atoms with van der Waals surface area (Å²) in [7, 11) is -0.0928. The van der Waals surface area contributed by atoms with E-state index in [1.54, 1.807) is 55.7 Å². The molecule has 1 heterocycles. The number of nitrogens with one attached hydrogen (secondary N) is 1. The number of anilines is 1. The fourth-order valence-electron chi connectivity index (χ4n) is 3.17. The van der Waals surface area contributed by atoms with Gasteiger partial charge in [0.25, 0.3) is 10.0 Å². The number of ether oxygens (including phenoxy) is 1. The zero-order valence-corrected chi connectivity index (χ0v) is 18.1. The first-order valence-electron chi connectivity index (χ1n) is 9.80. The fourth-order valence-corrected chi connectivity index (χ4v) is 4.23. The lowest BCUT2D eigenvalue weighted by Crippen LogP contribution is -2.33. The van der Waals surface area contributed by atoms with E-state index in [9.17, 15) is 13.2 Å². The van der Waals surface area contributed by atoms with Gasteiger partial charge in [0.2, 0.25) is 5.91 Å². The molecule has 0 aromatic heterocycles. The predicted octanol–water partition coefficient (Wildman–Crippen LogP) is 2.67. The highest BCUT2D eigenvalue weighted by Gasteiger charge is 2.16. The van der Waals surface area contributed by atoms with E-state index in [4.69, 9.17) is 4.74 Å². The summed E-state index contributed by atoms with van der Waals surface area (Å²) < 4.78 is 32.8. The van der Waals surface area contributed by atoms with Crippen LogP contribution in [0.2, 0.25) is 0 Å². The van der Waals surface area contributed by atoms with Crippen LogP contribution in [0.15, 0.2) is 59.5 Å². The molecule has 1 saturated heterocycles.